The van der Waals surface area contributed by atoms with Gasteiger partial charge in [-0.25, -0.2) is 0 Å². The van der Waals surface area contributed by atoms with E-state index in [-0.39, 0.29) is 5.78 Å². The van der Waals surface area contributed by atoms with Crippen molar-refractivity contribution in [3.63, 3.8) is 0 Å². The van der Waals surface area contributed by atoms with Crippen molar-refractivity contribution in [1.82, 2.24) is 4.98 Å². The second kappa shape index (κ2) is 4.53. The van der Waals surface area contributed by atoms with Gasteiger partial charge in [0.05, 0.1) is 15.7 Å². The maximum atomic E-state index is 12.3. The summed E-state index contributed by atoms with van der Waals surface area (Å²) in [5.74, 6) is 1.05. The average Bonchev–Trinajstić information content (AvgIpc) is 2.73. The third kappa shape index (κ3) is 1.98. The lowest BCUT2D eigenvalue weighted by molar-refractivity contribution is 0.0929. The molecule has 100 valence electrons. The zero-order chi connectivity index (χ0) is 13.7. The first-order valence-corrected chi connectivity index (χ1v) is 7.26. The summed E-state index contributed by atoms with van der Waals surface area (Å²) in [6.07, 6.45) is 1.50. The van der Waals surface area contributed by atoms with Crippen LogP contribution in [0.2, 0.25) is 10.0 Å². The molecule has 0 spiro atoms. The number of H-pyrrole nitrogens is 1. The molecule has 0 aliphatic heterocycles. The third-order valence-electron chi connectivity index (χ3n) is 4.09. The first kappa shape index (κ1) is 13.0. The molecule has 19 heavy (non-hydrogen) atoms. The van der Waals surface area contributed by atoms with Crippen molar-refractivity contribution in [2.45, 2.75) is 26.7 Å². The molecule has 1 N–H and O–H groups in total. The van der Waals surface area contributed by atoms with Crippen LogP contribution in [-0.4, -0.2) is 10.8 Å². The van der Waals surface area contributed by atoms with Crippen molar-refractivity contribution in [3.05, 3.63) is 33.4 Å². The number of aromatic nitrogens is 1. The number of hydrogen-bond acceptors (Lipinski definition) is 1. The Morgan fingerprint density at radius 3 is 2.68 bits per heavy atom. The molecule has 1 aliphatic carbocycles. The van der Waals surface area contributed by atoms with Crippen LogP contribution in [-0.2, 0) is 6.42 Å². The van der Waals surface area contributed by atoms with Gasteiger partial charge in [0.1, 0.15) is 0 Å². The van der Waals surface area contributed by atoms with Gasteiger partial charge in [-0.15, -0.1) is 0 Å². The average molecular weight is 296 g/mol. The first-order chi connectivity index (χ1) is 8.99. The summed E-state index contributed by atoms with van der Waals surface area (Å²) in [7, 11) is 0. The van der Waals surface area contributed by atoms with E-state index < -0.39 is 0 Å². The van der Waals surface area contributed by atoms with E-state index in [1.807, 2.05) is 6.07 Å². The molecule has 2 nitrogen and oxygen atoms in total. The van der Waals surface area contributed by atoms with Crippen LogP contribution in [0.3, 0.4) is 0 Å². The number of nitrogens with one attached hydrogen (secondary N) is 1. The Morgan fingerprint density at radius 2 is 2.00 bits per heavy atom. The largest absolute Gasteiger partial charge is 0.352 e. The SMILES string of the molecule is CC(C)C1CC(=O)c2[nH]c3ccc(Cl)c(Cl)c3c2C1. The zero-order valence-electron chi connectivity index (χ0n) is 10.9. The summed E-state index contributed by atoms with van der Waals surface area (Å²) < 4.78 is 0. The Labute approximate surface area is 122 Å². The van der Waals surface area contributed by atoms with E-state index >= 15 is 0 Å². The maximum Gasteiger partial charge on any atom is 0.179 e. The molecule has 0 fully saturated rings. The Bertz CT molecular complexity index is 672. The van der Waals surface area contributed by atoms with Crippen molar-refractivity contribution in [1.29, 1.82) is 0 Å². The van der Waals surface area contributed by atoms with Gasteiger partial charge in [0, 0.05) is 17.3 Å². The van der Waals surface area contributed by atoms with Crippen LogP contribution in [0.4, 0.5) is 0 Å². The fourth-order valence-electron chi connectivity index (χ4n) is 2.87. The number of carbonyl (C=O) groups excluding carboxylic acids is 1. The van der Waals surface area contributed by atoms with Crippen molar-refractivity contribution >= 4 is 39.9 Å². The Kier molecular flexibility index (Phi) is 3.11. The minimum absolute atomic E-state index is 0.184. The number of Topliss-reactive ketones (excluding diaryl/α,β-unsaturated/α-hetero) is 1. The van der Waals surface area contributed by atoms with Crippen LogP contribution in [0.25, 0.3) is 10.9 Å². The van der Waals surface area contributed by atoms with E-state index in [9.17, 15) is 4.79 Å². The topological polar surface area (TPSA) is 32.9 Å². The molecule has 4 heteroatoms. The number of ketones is 1. The van der Waals surface area contributed by atoms with Crippen LogP contribution in [0.5, 0.6) is 0 Å². The van der Waals surface area contributed by atoms with Crippen molar-refractivity contribution in [3.8, 4) is 0 Å². The number of rotatable bonds is 1. The molecule has 0 saturated heterocycles. The van der Waals surface area contributed by atoms with Gasteiger partial charge in [0.25, 0.3) is 0 Å². The minimum Gasteiger partial charge on any atom is -0.352 e. The number of fused-ring (bicyclic) bond motifs is 3. The molecular formula is C15H15Cl2NO. The van der Waals surface area contributed by atoms with Gasteiger partial charge in [0.2, 0.25) is 0 Å². The van der Waals surface area contributed by atoms with Gasteiger partial charge in [-0.1, -0.05) is 37.0 Å². The first-order valence-electron chi connectivity index (χ1n) is 6.50. The van der Waals surface area contributed by atoms with E-state index in [2.05, 4.69) is 18.8 Å². The molecule has 0 bridgehead atoms. The summed E-state index contributed by atoms with van der Waals surface area (Å²) in [5, 5.41) is 2.01. The minimum atomic E-state index is 0.184. The van der Waals surface area contributed by atoms with Crippen molar-refractivity contribution in [2.75, 3.05) is 0 Å². The Hall–Kier alpha value is -0.990. The van der Waals surface area contributed by atoms with Crippen LogP contribution in [0, 0.1) is 11.8 Å². The lowest BCUT2D eigenvalue weighted by Crippen LogP contribution is -2.23. The number of hydrogen-bond donors (Lipinski definition) is 1. The molecule has 3 rings (SSSR count). The summed E-state index contributed by atoms with van der Waals surface area (Å²) in [5.41, 5.74) is 2.66. The van der Waals surface area contributed by atoms with Gasteiger partial charge >= 0.3 is 0 Å². The molecule has 0 radical (unpaired) electrons. The van der Waals surface area contributed by atoms with Crippen LogP contribution in [0.1, 0.15) is 36.3 Å². The lowest BCUT2D eigenvalue weighted by atomic mass is 9.79. The molecule has 1 aliphatic rings. The quantitative estimate of drug-likeness (QED) is 0.799. The van der Waals surface area contributed by atoms with Crippen LogP contribution < -0.4 is 0 Å². The highest BCUT2D eigenvalue weighted by molar-refractivity contribution is 6.45. The van der Waals surface area contributed by atoms with Crippen LogP contribution in [0.15, 0.2) is 12.1 Å². The van der Waals surface area contributed by atoms with Gasteiger partial charge in [-0.2, -0.15) is 0 Å². The maximum absolute atomic E-state index is 12.3. The molecule has 1 atom stereocenters. The monoisotopic (exact) mass is 295 g/mol. The van der Waals surface area contributed by atoms with Gasteiger partial charge < -0.3 is 4.98 Å². The molecule has 2 aromatic rings. The fourth-order valence-corrected chi connectivity index (χ4v) is 3.31. The Morgan fingerprint density at radius 1 is 1.26 bits per heavy atom. The van der Waals surface area contributed by atoms with Gasteiger partial charge in [0.15, 0.2) is 5.78 Å². The lowest BCUT2D eigenvalue weighted by Gasteiger charge is -2.24. The molecule has 0 amide bonds. The Balaban J connectivity index is 2.25. The zero-order valence-corrected chi connectivity index (χ0v) is 12.4. The van der Waals surface area contributed by atoms with Gasteiger partial charge in [-0.05, 0) is 36.0 Å². The van der Waals surface area contributed by atoms with E-state index in [4.69, 9.17) is 23.2 Å². The highest BCUT2D eigenvalue weighted by Crippen LogP contribution is 2.39. The summed E-state index contributed by atoms with van der Waals surface area (Å²) in [6, 6.07) is 3.65. The predicted octanol–water partition coefficient (Wildman–Crippen LogP) is 4.88. The number of aromatic amines is 1. The van der Waals surface area contributed by atoms with Crippen molar-refractivity contribution < 1.29 is 4.79 Å². The van der Waals surface area contributed by atoms with Gasteiger partial charge in [-0.3, -0.25) is 4.79 Å². The number of halogens is 2. The van der Waals surface area contributed by atoms with Crippen molar-refractivity contribution in [2.24, 2.45) is 11.8 Å². The highest BCUT2D eigenvalue weighted by atomic mass is 35.5. The summed E-state index contributed by atoms with van der Waals surface area (Å²) in [4.78, 5) is 15.5. The molecular weight excluding hydrogens is 281 g/mol. The van der Waals surface area contributed by atoms with E-state index in [0.717, 1.165) is 28.6 Å². The summed E-state index contributed by atoms with van der Waals surface area (Å²) >= 11 is 12.4. The number of carbonyl (C=O) groups is 1. The summed E-state index contributed by atoms with van der Waals surface area (Å²) in [6.45, 7) is 4.32. The smallest absolute Gasteiger partial charge is 0.179 e. The number of benzene rings is 1. The highest BCUT2D eigenvalue weighted by Gasteiger charge is 2.31. The second-order valence-corrected chi connectivity index (χ2v) is 6.38. The van der Waals surface area contributed by atoms with E-state index in [1.54, 1.807) is 6.07 Å². The standard InChI is InChI=1S/C15H15Cl2NO/c1-7(2)8-5-9-13-11(4-3-10(16)14(13)17)18-15(9)12(19)6-8/h3-4,7-8,18H,5-6H2,1-2H3. The van der Waals surface area contributed by atoms with E-state index in [0.29, 0.717) is 28.3 Å². The molecule has 1 aromatic heterocycles. The molecule has 1 heterocycles. The normalized spacial score (nSPS) is 19.2. The van der Waals surface area contributed by atoms with E-state index in [1.165, 1.54) is 0 Å². The fraction of sp³-hybridized carbons (Fsp3) is 0.400. The third-order valence-corrected chi connectivity index (χ3v) is 4.90. The molecule has 1 aromatic carbocycles. The van der Waals surface area contributed by atoms with Crippen LogP contribution >= 0.6 is 23.2 Å². The molecule has 0 saturated carbocycles. The second-order valence-electron chi connectivity index (χ2n) is 5.60. The molecule has 1 unspecified atom stereocenters. The predicted molar refractivity (Wildman–Crippen MR) is 79.3 cm³/mol.